The van der Waals surface area contributed by atoms with Crippen LogP contribution in [0.4, 0.5) is 8.78 Å². The normalized spacial score (nSPS) is 10.9. The molecule has 1 aromatic rings. The van der Waals surface area contributed by atoms with E-state index in [0.717, 1.165) is 31.2 Å². The molecule has 77 valence electrons. The van der Waals surface area contributed by atoms with Gasteiger partial charge in [-0.25, -0.2) is 8.78 Å². The van der Waals surface area contributed by atoms with E-state index in [0.29, 0.717) is 5.56 Å². The van der Waals surface area contributed by atoms with Crippen LogP contribution in [0.2, 0.25) is 0 Å². The van der Waals surface area contributed by atoms with Crippen LogP contribution >= 0.6 is 0 Å². The van der Waals surface area contributed by atoms with E-state index in [1.165, 1.54) is 0 Å². The average Bonchev–Trinajstić information content (AvgIpc) is 2.18. The highest BCUT2D eigenvalue weighted by Gasteiger charge is 2.13. The zero-order valence-corrected chi connectivity index (χ0v) is 8.61. The van der Waals surface area contributed by atoms with Gasteiger partial charge in [-0.15, -0.1) is 0 Å². The first-order valence-electron chi connectivity index (χ1n) is 4.93. The molecule has 1 aromatic carbocycles. The van der Waals surface area contributed by atoms with Crippen LogP contribution in [0.3, 0.4) is 0 Å². The minimum atomic E-state index is -0.765. The van der Waals surface area contributed by atoms with Crippen molar-refractivity contribution in [3.05, 3.63) is 41.3 Å². The van der Waals surface area contributed by atoms with Crippen LogP contribution in [-0.4, -0.2) is 0 Å². The first-order valence-corrected chi connectivity index (χ1v) is 4.93. The van der Waals surface area contributed by atoms with E-state index in [4.69, 9.17) is 0 Å². The second-order valence-electron chi connectivity index (χ2n) is 3.49. The van der Waals surface area contributed by atoms with Gasteiger partial charge in [0.1, 0.15) is 0 Å². The topological polar surface area (TPSA) is 0 Å². The van der Waals surface area contributed by atoms with Crippen LogP contribution in [0, 0.1) is 17.6 Å². The quantitative estimate of drug-likeness (QED) is 0.681. The van der Waals surface area contributed by atoms with Gasteiger partial charge in [0.05, 0.1) is 0 Å². The van der Waals surface area contributed by atoms with Crippen LogP contribution in [0.5, 0.6) is 0 Å². The maximum absolute atomic E-state index is 13.3. The lowest BCUT2D eigenvalue weighted by atomic mass is 9.95. The van der Waals surface area contributed by atoms with Crippen molar-refractivity contribution >= 4 is 0 Å². The molecule has 2 heteroatoms. The van der Waals surface area contributed by atoms with E-state index >= 15 is 0 Å². The lowest BCUT2D eigenvalue weighted by Gasteiger charge is -2.11. The maximum atomic E-state index is 13.3. The number of hydrogen-bond acceptors (Lipinski definition) is 0. The van der Waals surface area contributed by atoms with Gasteiger partial charge >= 0.3 is 0 Å². The van der Waals surface area contributed by atoms with Gasteiger partial charge in [0.2, 0.25) is 0 Å². The number of halogens is 2. The molecule has 1 rings (SSSR count). The Hall–Kier alpha value is -0.920. The van der Waals surface area contributed by atoms with E-state index in [-0.39, 0.29) is 0 Å². The maximum Gasteiger partial charge on any atom is 0.162 e. The molecule has 0 nitrogen and oxygen atoms in total. The molecule has 0 spiro atoms. The van der Waals surface area contributed by atoms with Crippen molar-refractivity contribution in [2.75, 3.05) is 0 Å². The van der Waals surface area contributed by atoms with Gasteiger partial charge < -0.3 is 0 Å². The predicted octanol–water partition coefficient (Wildman–Crippen LogP) is 4.10. The van der Waals surface area contributed by atoms with Crippen molar-refractivity contribution in [3.63, 3.8) is 0 Å². The van der Waals surface area contributed by atoms with Gasteiger partial charge in [0.15, 0.2) is 11.6 Å². The molecular formula is C12H15F2. The summed E-state index contributed by atoms with van der Waals surface area (Å²) >= 11 is 0. The summed E-state index contributed by atoms with van der Waals surface area (Å²) in [6.07, 6.45) is 2.91. The van der Waals surface area contributed by atoms with Crippen LogP contribution in [0.1, 0.15) is 38.7 Å². The van der Waals surface area contributed by atoms with Gasteiger partial charge in [0, 0.05) is 5.92 Å². The lowest BCUT2D eigenvalue weighted by Crippen LogP contribution is -2.00. The van der Waals surface area contributed by atoms with Crippen molar-refractivity contribution in [2.24, 2.45) is 0 Å². The molecule has 0 aliphatic rings. The van der Waals surface area contributed by atoms with Crippen molar-refractivity contribution in [1.82, 2.24) is 0 Å². The third-order valence-corrected chi connectivity index (χ3v) is 2.32. The number of benzene rings is 1. The zero-order valence-electron chi connectivity index (χ0n) is 8.61. The van der Waals surface area contributed by atoms with Gasteiger partial charge in [0.25, 0.3) is 0 Å². The Kier molecular flexibility index (Phi) is 4.05. The molecule has 0 fully saturated rings. The molecule has 0 saturated heterocycles. The highest BCUT2D eigenvalue weighted by atomic mass is 19.2. The van der Waals surface area contributed by atoms with Gasteiger partial charge in [-0.05, 0) is 18.1 Å². The predicted molar refractivity (Wildman–Crippen MR) is 53.9 cm³/mol. The summed E-state index contributed by atoms with van der Waals surface area (Å²) in [6, 6.07) is 4.32. The summed E-state index contributed by atoms with van der Waals surface area (Å²) in [6.45, 7) is 3.93. The Morgan fingerprint density at radius 1 is 1.29 bits per heavy atom. The summed E-state index contributed by atoms with van der Waals surface area (Å²) in [5.74, 6) is -0.566. The minimum absolute atomic E-state index is 0.415. The van der Waals surface area contributed by atoms with Crippen LogP contribution < -0.4 is 0 Å². The zero-order chi connectivity index (χ0) is 10.6. The van der Waals surface area contributed by atoms with E-state index in [9.17, 15) is 8.78 Å². The molecule has 0 N–H and O–H groups in total. The SMILES string of the molecule is CCCC[C](C)c1cccc(F)c1F. The fourth-order valence-corrected chi connectivity index (χ4v) is 1.41. The van der Waals surface area contributed by atoms with E-state index < -0.39 is 11.6 Å². The van der Waals surface area contributed by atoms with Crippen molar-refractivity contribution in [2.45, 2.75) is 33.1 Å². The average molecular weight is 197 g/mol. The summed E-state index contributed by atoms with van der Waals surface area (Å²) in [7, 11) is 0. The van der Waals surface area contributed by atoms with E-state index in [1.807, 2.05) is 6.92 Å². The Morgan fingerprint density at radius 3 is 2.64 bits per heavy atom. The lowest BCUT2D eigenvalue weighted by molar-refractivity contribution is 0.499. The molecule has 0 saturated carbocycles. The molecule has 0 unspecified atom stereocenters. The summed E-state index contributed by atoms with van der Waals surface area (Å²) < 4.78 is 26.2. The molecule has 0 aliphatic heterocycles. The van der Waals surface area contributed by atoms with Gasteiger partial charge in [-0.1, -0.05) is 38.8 Å². The van der Waals surface area contributed by atoms with E-state index in [1.54, 1.807) is 12.1 Å². The van der Waals surface area contributed by atoms with Crippen molar-refractivity contribution in [1.29, 1.82) is 0 Å². The summed E-state index contributed by atoms with van der Waals surface area (Å²) in [4.78, 5) is 0. The van der Waals surface area contributed by atoms with Gasteiger partial charge in [-0.3, -0.25) is 0 Å². The third kappa shape index (κ3) is 2.53. The van der Waals surface area contributed by atoms with Crippen molar-refractivity contribution < 1.29 is 8.78 Å². The van der Waals surface area contributed by atoms with Crippen LogP contribution in [0.15, 0.2) is 18.2 Å². The number of unbranched alkanes of at least 4 members (excludes halogenated alkanes) is 1. The number of hydrogen-bond donors (Lipinski definition) is 0. The van der Waals surface area contributed by atoms with Crippen LogP contribution in [0.25, 0.3) is 0 Å². The molecule has 14 heavy (non-hydrogen) atoms. The molecular weight excluding hydrogens is 182 g/mol. The highest BCUT2D eigenvalue weighted by molar-refractivity contribution is 5.31. The standard InChI is InChI=1S/C12H15F2/c1-3-4-6-9(2)10-7-5-8-11(13)12(10)14/h5,7-8H,3-4,6H2,1-2H3. The van der Waals surface area contributed by atoms with Crippen molar-refractivity contribution in [3.8, 4) is 0 Å². The first kappa shape index (κ1) is 11.2. The number of rotatable bonds is 4. The second-order valence-corrected chi connectivity index (χ2v) is 3.49. The van der Waals surface area contributed by atoms with Crippen LogP contribution in [-0.2, 0) is 0 Å². The molecule has 0 atom stereocenters. The molecule has 0 bridgehead atoms. The van der Waals surface area contributed by atoms with Gasteiger partial charge in [-0.2, -0.15) is 0 Å². The Morgan fingerprint density at radius 2 is 2.00 bits per heavy atom. The fourth-order valence-electron chi connectivity index (χ4n) is 1.41. The summed E-state index contributed by atoms with van der Waals surface area (Å²) in [5, 5.41) is 0. The Bertz CT molecular complexity index is 294. The fraction of sp³-hybridized carbons (Fsp3) is 0.417. The highest BCUT2D eigenvalue weighted by Crippen LogP contribution is 2.24. The molecule has 0 heterocycles. The third-order valence-electron chi connectivity index (χ3n) is 2.32. The second kappa shape index (κ2) is 5.08. The Labute approximate surface area is 84.0 Å². The molecule has 0 aromatic heterocycles. The molecule has 0 aliphatic carbocycles. The first-order chi connectivity index (χ1) is 6.66. The monoisotopic (exact) mass is 197 g/mol. The van der Waals surface area contributed by atoms with E-state index in [2.05, 4.69) is 6.92 Å². The largest absolute Gasteiger partial charge is 0.204 e. The Balaban J connectivity index is 2.79. The molecule has 1 radical (unpaired) electrons. The summed E-state index contributed by atoms with van der Waals surface area (Å²) in [5.41, 5.74) is 0.415. The smallest absolute Gasteiger partial charge is 0.162 e. The minimum Gasteiger partial charge on any atom is -0.204 e. The molecule has 0 amide bonds.